The molecule has 6 nitrogen and oxygen atoms in total. The largest absolute Gasteiger partial charge is 0.364 e. The predicted octanol–water partition coefficient (Wildman–Crippen LogP) is 2.91. The average molecular weight is 282 g/mol. The quantitative estimate of drug-likeness (QED) is 0.499. The van der Waals surface area contributed by atoms with Crippen molar-refractivity contribution in [3.63, 3.8) is 0 Å². The van der Waals surface area contributed by atoms with E-state index in [0.717, 1.165) is 12.8 Å². The Kier molecular flexibility index (Phi) is 4.83. The molecule has 106 valence electrons. The maximum absolute atomic E-state index is 11.0. The van der Waals surface area contributed by atoms with Gasteiger partial charge in [0.25, 0.3) is 0 Å². The van der Waals surface area contributed by atoms with Crippen molar-refractivity contribution in [2.24, 2.45) is 0 Å². The minimum atomic E-state index is -0.534. The highest BCUT2D eigenvalue weighted by molar-refractivity contribution is 5.58. The number of nitriles is 1. The molecule has 0 radical (unpaired) electrons. The van der Waals surface area contributed by atoms with Crippen LogP contribution in [0.3, 0.4) is 0 Å². The molecular weight excluding hydrogens is 268 g/mol. The van der Waals surface area contributed by atoms with Gasteiger partial charge in [-0.3, -0.25) is 10.1 Å². The van der Waals surface area contributed by atoms with Gasteiger partial charge in [0.2, 0.25) is 5.82 Å². The highest BCUT2D eigenvalue weighted by atomic mass is 16.6. The second-order valence-corrected chi connectivity index (χ2v) is 4.48. The van der Waals surface area contributed by atoms with Gasteiger partial charge in [0.15, 0.2) is 0 Å². The Morgan fingerprint density at radius 2 is 2.10 bits per heavy atom. The molecule has 6 heteroatoms. The molecule has 0 aliphatic rings. The summed E-state index contributed by atoms with van der Waals surface area (Å²) in [4.78, 5) is 14.4. The normalized spacial score (nSPS) is 9.86. The molecule has 1 heterocycles. The Labute approximate surface area is 122 Å². The fraction of sp³-hybridized carbons (Fsp3) is 0.200. The van der Waals surface area contributed by atoms with Crippen LogP contribution in [-0.4, -0.2) is 16.5 Å². The summed E-state index contributed by atoms with van der Waals surface area (Å²) in [5.41, 5.74) is 1.23. The van der Waals surface area contributed by atoms with Gasteiger partial charge in [0.1, 0.15) is 6.07 Å². The lowest BCUT2D eigenvalue weighted by atomic mass is 10.1. The molecule has 0 amide bonds. The molecule has 1 aromatic carbocycles. The molecule has 0 aliphatic heterocycles. The molecule has 0 aliphatic carbocycles. The zero-order valence-electron chi connectivity index (χ0n) is 11.3. The van der Waals surface area contributed by atoms with E-state index in [-0.39, 0.29) is 17.1 Å². The summed E-state index contributed by atoms with van der Waals surface area (Å²) in [6.45, 7) is 0.578. The third kappa shape index (κ3) is 4.01. The molecule has 2 rings (SSSR count). The van der Waals surface area contributed by atoms with E-state index in [2.05, 4.69) is 10.3 Å². The number of pyridine rings is 1. The zero-order chi connectivity index (χ0) is 15.1. The molecule has 21 heavy (non-hydrogen) atoms. The van der Waals surface area contributed by atoms with Gasteiger partial charge >= 0.3 is 5.69 Å². The summed E-state index contributed by atoms with van der Waals surface area (Å²) in [6, 6.07) is 13.1. The number of nitrogens with zero attached hydrogens (tertiary/aromatic N) is 3. The van der Waals surface area contributed by atoms with Crippen LogP contribution in [0.1, 0.15) is 17.5 Å². The Bertz CT molecular complexity index is 665. The standard InChI is InChI=1S/C15H14N4O2/c16-10-13-9-14(19(20)21)15(18-11-13)17-8-4-7-12-5-2-1-3-6-12/h1-3,5-6,9,11H,4,7-8H2,(H,17,18). The zero-order valence-corrected chi connectivity index (χ0v) is 11.3. The minimum Gasteiger partial charge on any atom is -0.364 e. The topological polar surface area (TPSA) is 91.8 Å². The first-order chi connectivity index (χ1) is 10.2. The average Bonchev–Trinajstić information content (AvgIpc) is 2.52. The lowest BCUT2D eigenvalue weighted by Crippen LogP contribution is -2.07. The van der Waals surface area contributed by atoms with E-state index in [9.17, 15) is 10.1 Å². The van der Waals surface area contributed by atoms with Crippen molar-refractivity contribution in [3.8, 4) is 6.07 Å². The highest BCUT2D eigenvalue weighted by Crippen LogP contribution is 2.22. The molecule has 0 bridgehead atoms. The number of hydrogen-bond acceptors (Lipinski definition) is 5. The molecule has 0 saturated heterocycles. The van der Waals surface area contributed by atoms with Crippen LogP contribution in [0.2, 0.25) is 0 Å². The van der Waals surface area contributed by atoms with E-state index in [4.69, 9.17) is 5.26 Å². The number of benzene rings is 1. The van der Waals surface area contributed by atoms with Crippen molar-refractivity contribution < 1.29 is 4.92 Å². The summed E-state index contributed by atoms with van der Waals surface area (Å²) < 4.78 is 0. The summed E-state index contributed by atoms with van der Waals surface area (Å²) >= 11 is 0. The molecule has 0 spiro atoms. The van der Waals surface area contributed by atoms with Crippen molar-refractivity contribution in [3.05, 3.63) is 63.8 Å². The summed E-state index contributed by atoms with van der Waals surface area (Å²) in [6.07, 6.45) is 3.05. The Hall–Kier alpha value is -2.94. The molecule has 1 N–H and O–H groups in total. The van der Waals surface area contributed by atoms with Crippen LogP contribution in [-0.2, 0) is 6.42 Å². The number of aryl methyl sites for hydroxylation is 1. The molecule has 0 fully saturated rings. The van der Waals surface area contributed by atoms with Crippen molar-refractivity contribution in [2.45, 2.75) is 12.8 Å². The number of aromatic nitrogens is 1. The summed E-state index contributed by atoms with van der Waals surface area (Å²) in [7, 11) is 0. The third-order valence-electron chi connectivity index (χ3n) is 2.97. The van der Waals surface area contributed by atoms with E-state index in [1.807, 2.05) is 36.4 Å². The second-order valence-electron chi connectivity index (χ2n) is 4.48. The van der Waals surface area contributed by atoms with Gasteiger partial charge in [-0.2, -0.15) is 5.26 Å². The van der Waals surface area contributed by atoms with Gasteiger partial charge in [-0.25, -0.2) is 4.98 Å². The highest BCUT2D eigenvalue weighted by Gasteiger charge is 2.15. The Morgan fingerprint density at radius 1 is 1.33 bits per heavy atom. The first kappa shape index (κ1) is 14.5. The SMILES string of the molecule is N#Cc1cnc(NCCCc2ccccc2)c([N+](=O)[O-])c1. The lowest BCUT2D eigenvalue weighted by molar-refractivity contribution is -0.384. The third-order valence-corrected chi connectivity index (χ3v) is 2.97. The fourth-order valence-corrected chi connectivity index (χ4v) is 1.93. The molecular formula is C15H14N4O2. The molecule has 0 unspecified atom stereocenters. The molecule has 0 atom stereocenters. The van der Waals surface area contributed by atoms with E-state index in [1.165, 1.54) is 17.8 Å². The molecule has 2 aromatic rings. The van der Waals surface area contributed by atoms with Crippen LogP contribution >= 0.6 is 0 Å². The number of nitrogens with one attached hydrogen (secondary N) is 1. The second kappa shape index (κ2) is 7.01. The van der Waals surface area contributed by atoms with Crippen molar-refractivity contribution in [1.29, 1.82) is 5.26 Å². The van der Waals surface area contributed by atoms with Gasteiger partial charge in [0, 0.05) is 18.8 Å². The number of rotatable bonds is 6. The van der Waals surface area contributed by atoms with Gasteiger partial charge in [0.05, 0.1) is 10.5 Å². The Balaban J connectivity index is 1.94. The van der Waals surface area contributed by atoms with Gasteiger partial charge < -0.3 is 5.32 Å². The molecule has 0 saturated carbocycles. The lowest BCUT2D eigenvalue weighted by Gasteiger charge is -2.06. The van der Waals surface area contributed by atoms with Crippen LogP contribution in [0, 0.1) is 21.4 Å². The van der Waals surface area contributed by atoms with E-state index in [0.29, 0.717) is 6.54 Å². The van der Waals surface area contributed by atoms with Crippen LogP contribution in [0.25, 0.3) is 0 Å². The fourth-order valence-electron chi connectivity index (χ4n) is 1.93. The van der Waals surface area contributed by atoms with E-state index >= 15 is 0 Å². The predicted molar refractivity (Wildman–Crippen MR) is 78.9 cm³/mol. The van der Waals surface area contributed by atoms with Crippen LogP contribution in [0.4, 0.5) is 11.5 Å². The number of nitro groups is 1. The van der Waals surface area contributed by atoms with Crippen molar-refractivity contribution in [1.82, 2.24) is 4.98 Å². The first-order valence-corrected chi connectivity index (χ1v) is 6.53. The smallest absolute Gasteiger partial charge is 0.312 e. The maximum atomic E-state index is 11.0. The van der Waals surface area contributed by atoms with Crippen LogP contribution < -0.4 is 5.32 Å². The van der Waals surface area contributed by atoms with Gasteiger partial charge in [-0.05, 0) is 18.4 Å². The monoisotopic (exact) mass is 282 g/mol. The van der Waals surface area contributed by atoms with Crippen LogP contribution in [0.15, 0.2) is 42.6 Å². The number of anilines is 1. The maximum Gasteiger partial charge on any atom is 0.312 e. The van der Waals surface area contributed by atoms with Crippen molar-refractivity contribution in [2.75, 3.05) is 11.9 Å². The summed E-state index contributed by atoms with van der Waals surface area (Å²) in [5, 5.41) is 22.7. The van der Waals surface area contributed by atoms with E-state index in [1.54, 1.807) is 0 Å². The van der Waals surface area contributed by atoms with Crippen LogP contribution in [0.5, 0.6) is 0 Å². The van der Waals surface area contributed by atoms with Crippen molar-refractivity contribution >= 4 is 11.5 Å². The minimum absolute atomic E-state index is 0.172. The van der Waals surface area contributed by atoms with Gasteiger partial charge in [-0.1, -0.05) is 30.3 Å². The first-order valence-electron chi connectivity index (χ1n) is 6.53. The summed E-state index contributed by atoms with van der Waals surface area (Å²) in [5.74, 6) is 0.201. The number of hydrogen-bond donors (Lipinski definition) is 1. The van der Waals surface area contributed by atoms with Gasteiger partial charge in [-0.15, -0.1) is 0 Å². The Morgan fingerprint density at radius 3 is 2.76 bits per heavy atom. The van der Waals surface area contributed by atoms with E-state index < -0.39 is 4.92 Å². The molecule has 1 aromatic heterocycles.